The van der Waals surface area contributed by atoms with Crippen LogP contribution in [0.3, 0.4) is 0 Å². The number of aromatic nitrogens is 3. The molecular weight excluding hydrogens is 306 g/mol. The second-order valence-electron chi connectivity index (χ2n) is 4.74. The molecule has 1 aromatic heterocycles. The van der Waals surface area contributed by atoms with Crippen LogP contribution in [0, 0.1) is 11.6 Å². The molecule has 3 aromatic rings. The number of benzene rings is 2. The van der Waals surface area contributed by atoms with Crippen molar-refractivity contribution in [2.24, 2.45) is 0 Å². The summed E-state index contributed by atoms with van der Waals surface area (Å²) >= 11 is 0. The molecule has 0 aliphatic carbocycles. The van der Waals surface area contributed by atoms with E-state index in [4.69, 9.17) is 0 Å². The van der Waals surface area contributed by atoms with Crippen molar-refractivity contribution < 1.29 is 13.6 Å². The second-order valence-corrected chi connectivity index (χ2v) is 4.74. The smallest absolute Gasteiger partial charge is 0.278 e. The van der Waals surface area contributed by atoms with E-state index >= 15 is 0 Å². The number of halogens is 2. The van der Waals surface area contributed by atoms with Crippen LogP contribution in [-0.4, -0.2) is 20.9 Å². The van der Waals surface area contributed by atoms with Crippen molar-refractivity contribution in [3.63, 3.8) is 0 Å². The normalized spacial score (nSPS) is 10.7. The summed E-state index contributed by atoms with van der Waals surface area (Å²) in [4.78, 5) is 24.1. The van der Waals surface area contributed by atoms with E-state index in [1.165, 1.54) is 0 Å². The number of carbonyl (C=O) groups is 1. The summed E-state index contributed by atoms with van der Waals surface area (Å²) in [5.74, 6) is -2.19. The Morgan fingerprint density at radius 1 is 1.17 bits per heavy atom. The van der Waals surface area contributed by atoms with E-state index in [-0.39, 0.29) is 5.69 Å². The van der Waals surface area contributed by atoms with Gasteiger partial charge >= 0.3 is 0 Å². The predicted octanol–water partition coefficient (Wildman–Crippen LogP) is 1.71. The Balaban J connectivity index is 1.84. The first-order chi connectivity index (χ1) is 11.0. The van der Waals surface area contributed by atoms with Crippen molar-refractivity contribution in [2.45, 2.75) is 6.54 Å². The molecule has 0 unspecified atom stereocenters. The molecule has 1 amide bonds. The zero-order chi connectivity index (χ0) is 16.4. The Kier molecular flexibility index (Phi) is 3.80. The number of amides is 1. The van der Waals surface area contributed by atoms with Gasteiger partial charge in [-0.2, -0.15) is 0 Å². The van der Waals surface area contributed by atoms with Crippen LogP contribution < -0.4 is 10.9 Å². The summed E-state index contributed by atoms with van der Waals surface area (Å²) in [7, 11) is 0. The van der Waals surface area contributed by atoms with Crippen molar-refractivity contribution in [3.05, 3.63) is 64.5 Å². The third-order valence-electron chi connectivity index (χ3n) is 3.13. The highest BCUT2D eigenvalue weighted by Crippen LogP contribution is 2.15. The maximum atomic E-state index is 13.5. The van der Waals surface area contributed by atoms with Crippen molar-refractivity contribution in [1.29, 1.82) is 0 Å². The van der Waals surface area contributed by atoms with Gasteiger partial charge in [0.15, 0.2) is 0 Å². The lowest BCUT2D eigenvalue weighted by atomic mass is 10.2. The number of anilines is 1. The first-order valence-electron chi connectivity index (χ1n) is 6.62. The van der Waals surface area contributed by atoms with E-state index in [0.29, 0.717) is 10.9 Å². The maximum Gasteiger partial charge on any atom is 0.278 e. The minimum absolute atomic E-state index is 0.309. The van der Waals surface area contributed by atoms with E-state index in [1.807, 2.05) is 0 Å². The molecule has 0 aliphatic heterocycles. The number of hydrogen-bond acceptors (Lipinski definition) is 4. The fourth-order valence-electron chi connectivity index (χ4n) is 2.05. The molecule has 3 rings (SSSR count). The summed E-state index contributed by atoms with van der Waals surface area (Å²) < 4.78 is 27.4. The summed E-state index contributed by atoms with van der Waals surface area (Å²) in [5, 5.41) is 9.99. The van der Waals surface area contributed by atoms with Crippen LogP contribution in [0.2, 0.25) is 0 Å². The molecule has 8 heteroatoms. The number of nitrogens with one attached hydrogen (secondary N) is 1. The Morgan fingerprint density at radius 3 is 2.78 bits per heavy atom. The van der Waals surface area contributed by atoms with Crippen LogP contribution in [0.25, 0.3) is 10.9 Å². The molecule has 0 aliphatic rings. The van der Waals surface area contributed by atoms with Gasteiger partial charge in [-0.25, -0.2) is 13.5 Å². The third kappa shape index (κ3) is 3.05. The first kappa shape index (κ1) is 14.8. The van der Waals surface area contributed by atoms with Gasteiger partial charge < -0.3 is 5.32 Å². The molecule has 1 N–H and O–H groups in total. The first-order valence-corrected chi connectivity index (χ1v) is 6.62. The molecule has 116 valence electrons. The van der Waals surface area contributed by atoms with Gasteiger partial charge in [-0.1, -0.05) is 17.3 Å². The molecule has 0 saturated heterocycles. The van der Waals surface area contributed by atoms with E-state index in [0.717, 1.165) is 22.9 Å². The lowest BCUT2D eigenvalue weighted by Crippen LogP contribution is -2.30. The highest BCUT2D eigenvalue weighted by Gasteiger charge is 2.12. The SMILES string of the molecule is O=C(Cn1nnc2ccccc2c1=O)Nc1cc(F)ccc1F. The van der Waals surface area contributed by atoms with Gasteiger partial charge in [0.25, 0.3) is 5.56 Å². The summed E-state index contributed by atoms with van der Waals surface area (Å²) in [6, 6.07) is 9.24. The number of fused-ring (bicyclic) bond motifs is 1. The zero-order valence-corrected chi connectivity index (χ0v) is 11.7. The lowest BCUT2D eigenvalue weighted by molar-refractivity contribution is -0.117. The molecule has 0 saturated carbocycles. The summed E-state index contributed by atoms with van der Waals surface area (Å²) in [6.07, 6.45) is 0. The quantitative estimate of drug-likeness (QED) is 0.798. The van der Waals surface area contributed by atoms with Gasteiger partial charge in [0, 0.05) is 6.07 Å². The number of hydrogen-bond donors (Lipinski definition) is 1. The predicted molar refractivity (Wildman–Crippen MR) is 78.8 cm³/mol. The van der Waals surface area contributed by atoms with Gasteiger partial charge in [-0.3, -0.25) is 9.59 Å². The largest absolute Gasteiger partial charge is 0.322 e. The number of carbonyl (C=O) groups excluding carboxylic acids is 1. The standard InChI is InChI=1S/C15H10F2N4O2/c16-9-5-6-11(17)13(7-9)18-14(22)8-21-15(23)10-3-1-2-4-12(10)19-20-21/h1-7H,8H2,(H,18,22). The van der Waals surface area contributed by atoms with Gasteiger partial charge in [0.1, 0.15) is 23.7 Å². The van der Waals surface area contributed by atoms with E-state index < -0.39 is 29.6 Å². The van der Waals surface area contributed by atoms with Crippen LogP contribution in [-0.2, 0) is 11.3 Å². The van der Waals surface area contributed by atoms with E-state index in [2.05, 4.69) is 15.6 Å². The average Bonchev–Trinajstić information content (AvgIpc) is 2.54. The van der Waals surface area contributed by atoms with Crippen molar-refractivity contribution in [3.8, 4) is 0 Å². The fourth-order valence-corrected chi connectivity index (χ4v) is 2.05. The molecule has 0 bridgehead atoms. The Morgan fingerprint density at radius 2 is 1.96 bits per heavy atom. The van der Waals surface area contributed by atoms with Crippen molar-refractivity contribution in [2.75, 3.05) is 5.32 Å². The molecule has 0 radical (unpaired) electrons. The minimum atomic E-state index is -0.781. The molecule has 2 aromatic carbocycles. The van der Waals surface area contributed by atoms with Crippen LogP contribution in [0.1, 0.15) is 0 Å². The third-order valence-corrected chi connectivity index (χ3v) is 3.13. The van der Waals surface area contributed by atoms with Crippen LogP contribution >= 0.6 is 0 Å². The van der Waals surface area contributed by atoms with Crippen molar-refractivity contribution in [1.82, 2.24) is 15.0 Å². The Labute approximate surface area is 128 Å². The second kappa shape index (κ2) is 5.91. The van der Waals surface area contributed by atoms with Crippen LogP contribution in [0.4, 0.5) is 14.5 Å². The fraction of sp³-hybridized carbons (Fsp3) is 0.0667. The highest BCUT2D eigenvalue weighted by atomic mass is 19.1. The molecule has 0 spiro atoms. The summed E-state index contributed by atoms with van der Waals surface area (Å²) in [6.45, 7) is -0.466. The average molecular weight is 316 g/mol. The number of nitrogens with zero attached hydrogens (tertiary/aromatic N) is 3. The van der Waals surface area contributed by atoms with Gasteiger partial charge in [0.2, 0.25) is 5.91 Å². The minimum Gasteiger partial charge on any atom is -0.322 e. The van der Waals surface area contributed by atoms with Gasteiger partial charge in [0.05, 0.1) is 11.1 Å². The van der Waals surface area contributed by atoms with E-state index in [9.17, 15) is 18.4 Å². The number of rotatable bonds is 3. The molecule has 6 nitrogen and oxygen atoms in total. The van der Waals surface area contributed by atoms with Crippen molar-refractivity contribution >= 4 is 22.5 Å². The molecule has 0 atom stereocenters. The molecule has 1 heterocycles. The summed E-state index contributed by atoms with van der Waals surface area (Å²) in [5.41, 5.74) is -0.396. The topological polar surface area (TPSA) is 76.9 Å². The Bertz CT molecular complexity index is 956. The molecular formula is C15H10F2N4O2. The molecule has 0 fully saturated rings. The van der Waals surface area contributed by atoms with Crippen LogP contribution in [0.15, 0.2) is 47.3 Å². The Hall–Kier alpha value is -3.16. The highest BCUT2D eigenvalue weighted by molar-refractivity contribution is 5.90. The monoisotopic (exact) mass is 316 g/mol. The van der Waals surface area contributed by atoms with Gasteiger partial charge in [-0.05, 0) is 24.3 Å². The van der Waals surface area contributed by atoms with Gasteiger partial charge in [-0.15, -0.1) is 5.10 Å². The molecule has 23 heavy (non-hydrogen) atoms. The maximum absolute atomic E-state index is 13.5. The lowest BCUT2D eigenvalue weighted by Gasteiger charge is -2.07. The zero-order valence-electron chi connectivity index (χ0n) is 11.7. The van der Waals surface area contributed by atoms with Crippen LogP contribution in [0.5, 0.6) is 0 Å². The van der Waals surface area contributed by atoms with E-state index in [1.54, 1.807) is 24.3 Å².